The second kappa shape index (κ2) is 11.0. The van der Waals surface area contributed by atoms with Gasteiger partial charge in [-0.2, -0.15) is 0 Å². The van der Waals surface area contributed by atoms with Crippen molar-refractivity contribution in [1.82, 2.24) is 14.9 Å². The van der Waals surface area contributed by atoms with Crippen LogP contribution in [-0.4, -0.2) is 52.2 Å². The zero-order valence-corrected chi connectivity index (χ0v) is 21.5. The molecule has 0 radical (unpaired) electrons. The van der Waals surface area contributed by atoms with Crippen LogP contribution in [0.4, 0.5) is 5.82 Å². The molecule has 0 unspecified atom stereocenters. The number of aromatic nitrogens is 2. The molecule has 9 heteroatoms. The highest BCUT2D eigenvalue weighted by atomic mass is 32.1. The largest absolute Gasteiger partial charge is 0.481 e. The van der Waals surface area contributed by atoms with Crippen molar-refractivity contribution < 1.29 is 19.4 Å². The van der Waals surface area contributed by atoms with Gasteiger partial charge < -0.3 is 19.9 Å². The number of hydrogen-bond donors (Lipinski definition) is 2. The molecule has 190 valence electrons. The number of aliphatic carboxylic acids is 1. The first-order valence-corrected chi connectivity index (χ1v) is 13.3. The van der Waals surface area contributed by atoms with Crippen molar-refractivity contribution in [1.29, 1.82) is 0 Å². The van der Waals surface area contributed by atoms with Gasteiger partial charge in [0.1, 0.15) is 11.6 Å². The summed E-state index contributed by atoms with van der Waals surface area (Å²) in [5.41, 5.74) is 3.62. The van der Waals surface area contributed by atoms with Crippen molar-refractivity contribution in [3.05, 3.63) is 63.9 Å². The number of hydrogen-bond acceptors (Lipinski definition) is 8. The van der Waals surface area contributed by atoms with Crippen LogP contribution in [0.25, 0.3) is 10.4 Å². The lowest BCUT2D eigenvalue weighted by Crippen LogP contribution is -2.18. The Kier molecular flexibility index (Phi) is 7.62. The van der Waals surface area contributed by atoms with Crippen LogP contribution in [0.3, 0.4) is 0 Å². The fourth-order valence-electron chi connectivity index (χ4n) is 4.89. The highest BCUT2D eigenvalue weighted by Gasteiger charge is 2.29. The van der Waals surface area contributed by atoms with E-state index in [4.69, 9.17) is 9.47 Å². The molecule has 2 aliphatic rings. The molecule has 2 N–H and O–H groups in total. The van der Waals surface area contributed by atoms with Crippen LogP contribution in [0.2, 0.25) is 0 Å². The van der Waals surface area contributed by atoms with Crippen molar-refractivity contribution >= 4 is 23.1 Å². The van der Waals surface area contributed by atoms with Gasteiger partial charge in [-0.1, -0.05) is 24.3 Å². The fraction of sp³-hybridized carbons (Fsp3) is 0.444. The standard InChI is InChI=1S/C27H32N4O4S/c1-17(28-26-25(27-34-13-14-35-27)21(15-24(32)33)29-18(2)30-26)22-9-10-23(36-22)20-8-4-3-7-19(20)16-31-11-5-6-12-31/h3-4,7-10,17,27H,5-6,11-16H2,1-2H3,(H,32,33)(H,28,29,30)/t17-/m1/s1. The van der Waals surface area contributed by atoms with Crippen LogP contribution < -0.4 is 5.32 Å². The number of benzene rings is 1. The maximum absolute atomic E-state index is 11.5. The molecule has 2 aromatic heterocycles. The van der Waals surface area contributed by atoms with E-state index >= 15 is 0 Å². The van der Waals surface area contributed by atoms with Crippen molar-refractivity contribution in [3.8, 4) is 10.4 Å². The van der Waals surface area contributed by atoms with E-state index < -0.39 is 12.3 Å². The average molecular weight is 509 g/mol. The molecular weight excluding hydrogens is 476 g/mol. The lowest BCUT2D eigenvalue weighted by atomic mass is 10.1. The number of aryl methyl sites for hydroxylation is 1. The topological polar surface area (TPSA) is 96.8 Å². The molecule has 5 rings (SSSR count). The molecule has 2 fully saturated rings. The van der Waals surface area contributed by atoms with Gasteiger partial charge in [0.2, 0.25) is 0 Å². The SMILES string of the molecule is Cc1nc(CC(=O)O)c(C2OCCO2)c(N[C@H](C)c2ccc(-c3ccccc3CN3CCCC3)s2)n1. The monoisotopic (exact) mass is 508 g/mol. The number of nitrogens with one attached hydrogen (secondary N) is 1. The number of nitrogens with zero attached hydrogens (tertiary/aromatic N) is 3. The Balaban J connectivity index is 1.40. The zero-order chi connectivity index (χ0) is 25.1. The van der Waals surface area contributed by atoms with Gasteiger partial charge in [0.15, 0.2) is 6.29 Å². The Morgan fingerprint density at radius 3 is 2.67 bits per heavy atom. The highest BCUT2D eigenvalue weighted by molar-refractivity contribution is 7.15. The Morgan fingerprint density at radius 1 is 1.17 bits per heavy atom. The first-order valence-electron chi connectivity index (χ1n) is 12.5. The molecule has 2 aliphatic heterocycles. The summed E-state index contributed by atoms with van der Waals surface area (Å²) in [7, 11) is 0. The Bertz CT molecular complexity index is 1220. The average Bonchev–Trinajstić information content (AvgIpc) is 3.62. The van der Waals surface area contributed by atoms with E-state index in [0.29, 0.717) is 36.1 Å². The minimum Gasteiger partial charge on any atom is -0.481 e. The second-order valence-electron chi connectivity index (χ2n) is 9.33. The molecule has 2 saturated heterocycles. The summed E-state index contributed by atoms with van der Waals surface area (Å²) in [6.07, 6.45) is 1.67. The molecule has 0 spiro atoms. The fourth-order valence-corrected chi connectivity index (χ4v) is 5.96. The molecule has 0 bridgehead atoms. The van der Waals surface area contributed by atoms with Crippen molar-refractivity contribution in [2.24, 2.45) is 0 Å². The van der Waals surface area contributed by atoms with E-state index in [0.717, 1.165) is 11.4 Å². The van der Waals surface area contributed by atoms with Crippen LogP contribution in [0.1, 0.15) is 59.6 Å². The van der Waals surface area contributed by atoms with Crippen LogP contribution in [0.5, 0.6) is 0 Å². The molecule has 8 nitrogen and oxygen atoms in total. The zero-order valence-electron chi connectivity index (χ0n) is 20.7. The summed E-state index contributed by atoms with van der Waals surface area (Å²) in [5.74, 6) is 0.106. The molecule has 0 aliphatic carbocycles. The number of likely N-dealkylation sites (tertiary alicyclic amines) is 1. The predicted molar refractivity (Wildman–Crippen MR) is 139 cm³/mol. The summed E-state index contributed by atoms with van der Waals surface area (Å²) in [5, 5.41) is 12.9. The second-order valence-corrected chi connectivity index (χ2v) is 10.4. The number of carboxylic acid groups (broad SMARTS) is 1. The third kappa shape index (κ3) is 5.59. The molecule has 1 aromatic carbocycles. The van der Waals surface area contributed by atoms with Gasteiger partial charge in [0, 0.05) is 16.3 Å². The molecular formula is C27H32N4O4S. The Morgan fingerprint density at radius 2 is 1.92 bits per heavy atom. The minimum absolute atomic E-state index is 0.0541. The lowest BCUT2D eigenvalue weighted by molar-refractivity contribution is -0.136. The molecule has 0 saturated carbocycles. The molecule has 1 atom stereocenters. The quantitative estimate of drug-likeness (QED) is 0.419. The Hall–Kier alpha value is -2.85. The van der Waals surface area contributed by atoms with Crippen LogP contribution in [-0.2, 0) is 27.2 Å². The summed E-state index contributed by atoms with van der Waals surface area (Å²) in [6.45, 7) is 8.07. The number of carbonyl (C=O) groups is 1. The first-order chi connectivity index (χ1) is 17.5. The van der Waals surface area contributed by atoms with Gasteiger partial charge in [-0.25, -0.2) is 9.97 Å². The summed E-state index contributed by atoms with van der Waals surface area (Å²) >= 11 is 1.76. The van der Waals surface area contributed by atoms with E-state index in [1.165, 1.54) is 41.9 Å². The van der Waals surface area contributed by atoms with E-state index in [1.54, 1.807) is 18.3 Å². The number of rotatable bonds is 9. The normalized spacial score (nSPS) is 17.5. The number of carboxylic acids is 1. The molecule has 4 heterocycles. The van der Waals surface area contributed by atoms with Crippen LogP contribution >= 0.6 is 11.3 Å². The molecule has 3 aromatic rings. The van der Waals surface area contributed by atoms with Gasteiger partial charge in [-0.3, -0.25) is 9.69 Å². The van der Waals surface area contributed by atoms with Crippen molar-refractivity contribution in [2.75, 3.05) is 31.6 Å². The van der Waals surface area contributed by atoms with Gasteiger partial charge >= 0.3 is 5.97 Å². The molecule has 0 amide bonds. The van der Waals surface area contributed by atoms with E-state index in [2.05, 4.69) is 63.5 Å². The van der Waals surface area contributed by atoms with E-state index in [9.17, 15) is 9.90 Å². The van der Waals surface area contributed by atoms with Crippen molar-refractivity contribution in [2.45, 2.75) is 52.0 Å². The number of anilines is 1. The van der Waals surface area contributed by atoms with Crippen molar-refractivity contribution in [3.63, 3.8) is 0 Å². The highest BCUT2D eigenvalue weighted by Crippen LogP contribution is 2.37. The smallest absolute Gasteiger partial charge is 0.309 e. The maximum Gasteiger partial charge on any atom is 0.309 e. The van der Waals surface area contributed by atoms with Gasteiger partial charge in [-0.05, 0) is 63.0 Å². The predicted octanol–water partition coefficient (Wildman–Crippen LogP) is 4.95. The maximum atomic E-state index is 11.5. The lowest BCUT2D eigenvalue weighted by Gasteiger charge is -2.21. The molecule has 36 heavy (non-hydrogen) atoms. The minimum atomic E-state index is -0.957. The summed E-state index contributed by atoms with van der Waals surface area (Å²) < 4.78 is 11.4. The van der Waals surface area contributed by atoms with E-state index in [1.807, 2.05) is 0 Å². The van der Waals surface area contributed by atoms with E-state index in [-0.39, 0.29) is 12.5 Å². The van der Waals surface area contributed by atoms with Gasteiger partial charge in [-0.15, -0.1) is 11.3 Å². The third-order valence-electron chi connectivity index (χ3n) is 6.59. The van der Waals surface area contributed by atoms with Crippen LogP contribution in [0.15, 0.2) is 36.4 Å². The van der Waals surface area contributed by atoms with Gasteiger partial charge in [0.25, 0.3) is 0 Å². The van der Waals surface area contributed by atoms with Crippen LogP contribution in [0, 0.1) is 6.92 Å². The number of ether oxygens (including phenoxy) is 2. The summed E-state index contributed by atoms with van der Waals surface area (Å²) in [4.78, 5) is 25.5. The summed E-state index contributed by atoms with van der Waals surface area (Å²) in [6, 6.07) is 12.9. The Labute approximate surface area is 215 Å². The number of thiophene rings is 1. The van der Waals surface area contributed by atoms with Gasteiger partial charge in [0.05, 0.1) is 36.9 Å². The third-order valence-corrected chi connectivity index (χ3v) is 7.90. The first kappa shape index (κ1) is 24.8.